The number of phenols is 1. The molecule has 0 radical (unpaired) electrons. The number of hydroxylamine groups is 1. The number of halogens is 1. The summed E-state index contributed by atoms with van der Waals surface area (Å²) in [5, 5.41) is 35.4. The number of amides is 1. The molecule has 9 nitrogen and oxygen atoms in total. The maximum Gasteiger partial charge on any atom is 0.277 e. The second-order valence-electron chi connectivity index (χ2n) is 5.03. The first-order valence-electron chi connectivity index (χ1n) is 7.30. The molecule has 2 rings (SSSR count). The quantitative estimate of drug-likeness (QED) is 0.295. The van der Waals surface area contributed by atoms with Crippen LogP contribution < -0.4 is 10.2 Å². The zero-order chi connectivity index (χ0) is 18.9. The highest BCUT2D eigenvalue weighted by molar-refractivity contribution is 6.30. The normalized spacial score (nSPS) is 11.5. The molecule has 0 aliphatic carbocycles. The number of phenolic OH excluding ortho intramolecular Hbond substituents is 1. The van der Waals surface area contributed by atoms with Crippen molar-refractivity contribution in [1.29, 1.82) is 0 Å². The van der Waals surface area contributed by atoms with Crippen molar-refractivity contribution in [3.63, 3.8) is 0 Å². The Morgan fingerprint density at radius 3 is 2.73 bits per heavy atom. The molecule has 0 spiro atoms. The summed E-state index contributed by atoms with van der Waals surface area (Å²) in [5.41, 5.74) is 3.23. The SMILES string of the molecule is O=C(COc1ccc(C[N+]([O-])=NO)cc1)NN=Cc1cc(Cl)ccc1O. The van der Waals surface area contributed by atoms with E-state index in [0.717, 1.165) is 0 Å². The van der Waals surface area contributed by atoms with Crippen molar-refractivity contribution in [3.8, 4) is 11.5 Å². The third-order valence-corrected chi connectivity index (χ3v) is 3.33. The van der Waals surface area contributed by atoms with Crippen LogP contribution in [0.15, 0.2) is 52.8 Å². The van der Waals surface area contributed by atoms with Crippen LogP contribution in [0.3, 0.4) is 0 Å². The number of carbonyl (C=O) groups excluding carboxylic acids is 1. The molecule has 0 saturated carbocycles. The number of carbonyl (C=O) groups is 1. The van der Waals surface area contributed by atoms with Gasteiger partial charge in [0, 0.05) is 16.1 Å². The van der Waals surface area contributed by atoms with Crippen molar-refractivity contribution in [2.75, 3.05) is 6.61 Å². The third-order valence-electron chi connectivity index (χ3n) is 3.09. The molecule has 2 aromatic carbocycles. The second-order valence-corrected chi connectivity index (χ2v) is 5.47. The molecule has 0 aromatic heterocycles. The Bertz CT molecular complexity index is 824. The molecular formula is C16H15ClN4O5. The summed E-state index contributed by atoms with van der Waals surface area (Å²) in [5.74, 6) is -0.107. The predicted molar refractivity (Wildman–Crippen MR) is 92.3 cm³/mol. The van der Waals surface area contributed by atoms with E-state index in [0.29, 0.717) is 21.9 Å². The summed E-state index contributed by atoms with van der Waals surface area (Å²) < 4.78 is 5.28. The fourth-order valence-electron chi connectivity index (χ4n) is 1.86. The highest BCUT2D eigenvalue weighted by atomic mass is 35.5. The van der Waals surface area contributed by atoms with Crippen LogP contribution in [-0.4, -0.2) is 33.9 Å². The van der Waals surface area contributed by atoms with Gasteiger partial charge in [-0.05, 0) is 42.5 Å². The van der Waals surface area contributed by atoms with Gasteiger partial charge in [-0.1, -0.05) is 16.5 Å². The summed E-state index contributed by atoms with van der Waals surface area (Å²) in [6.07, 6.45) is 1.26. The van der Waals surface area contributed by atoms with Crippen molar-refractivity contribution >= 4 is 23.7 Å². The van der Waals surface area contributed by atoms with E-state index in [2.05, 4.69) is 15.8 Å². The fraction of sp³-hybridized carbons (Fsp3) is 0.125. The van der Waals surface area contributed by atoms with Gasteiger partial charge in [-0.3, -0.25) is 4.79 Å². The van der Waals surface area contributed by atoms with Crippen LogP contribution in [-0.2, 0) is 11.3 Å². The Hall–Kier alpha value is -3.33. The van der Waals surface area contributed by atoms with Crippen LogP contribution in [0, 0.1) is 5.21 Å². The number of hydrazone groups is 1. The lowest BCUT2D eigenvalue weighted by Gasteiger charge is -2.06. The summed E-state index contributed by atoms with van der Waals surface area (Å²) >= 11 is 5.81. The average molecular weight is 379 g/mol. The molecular weight excluding hydrogens is 364 g/mol. The molecule has 3 N–H and O–H groups in total. The number of hydrogen-bond acceptors (Lipinski definition) is 6. The zero-order valence-electron chi connectivity index (χ0n) is 13.4. The van der Waals surface area contributed by atoms with Gasteiger partial charge in [0.1, 0.15) is 11.5 Å². The van der Waals surface area contributed by atoms with Crippen LogP contribution in [0.2, 0.25) is 5.02 Å². The van der Waals surface area contributed by atoms with E-state index in [1.54, 1.807) is 24.3 Å². The van der Waals surface area contributed by atoms with E-state index in [1.807, 2.05) is 0 Å². The number of benzene rings is 2. The first-order valence-corrected chi connectivity index (χ1v) is 7.67. The number of ether oxygens (including phenoxy) is 1. The molecule has 26 heavy (non-hydrogen) atoms. The van der Waals surface area contributed by atoms with E-state index in [4.69, 9.17) is 21.5 Å². The predicted octanol–water partition coefficient (Wildman–Crippen LogP) is 2.43. The average Bonchev–Trinajstić information content (AvgIpc) is 2.64. The summed E-state index contributed by atoms with van der Waals surface area (Å²) in [7, 11) is 0. The first-order chi connectivity index (χ1) is 12.5. The maximum atomic E-state index is 11.7. The standard InChI is InChI=1S/C16H15ClN4O5/c17-13-3-6-15(22)12(7-13)8-18-19-16(23)10-26-14-4-1-11(2-5-14)9-21(25)20-24/h1-8,22,24H,9-10H2,(H,19,23). The second kappa shape index (κ2) is 9.23. The van der Waals surface area contributed by atoms with Gasteiger partial charge >= 0.3 is 0 Å². The molecule has 0 aliphatic rings. The van der Waals surface area contributed by atoms with Crippen LogP contribution in [0.4, 0.5) is 0 Å². The lowest BCUT2D eigenvalue weighted by atomic mass is 10.2. The minimum Gasteiger partial charge on any atom is -0.597 e. The van der Waals surface area contributed by atoms with Crippen LogP contribution >= 0.6 is 11.6 Å². The molecule has 0 heterocycles. The van der Waals surface area contributed by atoms with Crippen molar-refractivity contribution in [3.05, 3.63) is 63.8 Å². The minimum atomic E-state index is -0.503. The van der Waals surface area contributed by atoms with Crippen molar-refractivity contribution in [2.45, 2.75) is 6.54 Å². The van der Waals surface area contributed by atoms with Crippen molar-refractivity contribution < 1.29 is 24.7 Å². The van der Waals surface area contributed by atoms with Gasteiger partial charge < -0.3 is 20.3 Å². The Morgan fingerprint density at radius 2 is 2.04 bits per heavy atom. The molecule has 136 valence electrons. The smallest absolute Gasteiger partial charge is 0.277 e. The molecule has 0 atom stereocenters. The molecule has 0 aliphatic heterocycles. The number of rotatable bonds is 7. The van der Waals surface area contributed by atoms with Gasteiger partial charge in [0.15, 0.2) is 11.9 Å². The minimum absolute atomic E-state index is 0.0191. The highest BCUT2D eigenvalue weighted by Crippen LogP contribution is 2.19. The van der Waals surface area contributed by atoms with Gasteiger partial charge in [0.05, 0.1) is 6.21 Å². The van der Waals surface area contributed by atoms with Gasteiger partial charge in [-0.2, -0.15) is 5.10 Å². The zero-order valence-corrected chi connectivity index (χ0v) is 14.1. The number of aromatic hydroxyl groups is 1. The Balaban J connectivity index is 1.81. The van der Waals surface area contributed by atoms with Crippen LogP contribution in [0.1, 0.15) is 11.1 Å². The first kappa shape index (κ1) is 19.0. The van der Waals surface area contributed by atoms with Gasteiger partial charge in [-0.15, -0.1) is 0 Å². The van der Waals surface area contributed by atoms with Crippen LogP contribution in [0.5, 0.6) is 11.5 Å². The summed E-state index contributed by atoms with van der Waals surface area (Å²) in [6.45, 7) is -0.389. The lowest BCUT2D eigenvalue weighted by Crippen LogP contribution is -2.24. The number of nitrogens with zero attached hydrogens (tertiary/aromatic N) is 3. The fourth-order valence-corrected chi connectivity index (χ4v) is 2.04. The third kappa shape index (κ3) is 5.95. The number of hydrogen-bond donors (Lipinski definition) is 3. The Kier molecular flexibility index (Phi) is 6.75. The van der Waals surface area contributed by atoms with Gasteiger partial charge in [0.2, 0.25) is 6.54 Å². The Morgan fingerprint density at radius 1 is 1.31 bits per heavy atom. The van der Waals surface area contributed by atoms with Crippen molar-refractivity contribution in [1.82, 2.24) is 5.43 Å². The summed E-state index contributed by atoms with van der Waals surface area (Å²) in [6, 6.07) is 10.8. The molecule has 0 unspecified atom stereocenters. The molecule has 2 aromatic rings. The topological polar surface area (TPSA) is 130 Å². The van der Waals surface area contributed by atoms with E-state index in [9.17, 15) is 15.1 Å². The van der Waals surface area contributed by atoms with Gasteiger partial charge in [-0.25, -0.2) is 5.43 Å². The van der Waals surface area contributed by atoms with Gasteiger partial charge in [0.25, 0.3) is 5.91 Å². The molecule has 0 saturated heterocycles. The molecule has 1 amide bonds. The van der Waals surface area contributed by atoms with E-state index < -0.39 is 5.91 Å². The largest absolute Gasteiger partial charge is 0.597 e. The van der Waals surface area contributed by atoms with Crippen LogP contribution in [0.25, 0.3) is 0 Å². The van der Waals surface area contributed by atoms with Crippen molar-refractivity contribution in [2.24, 2.45) is 10.4 Å². The highest BCUT2D eigenvalue weighted by Gasteiger charge is 2.04. The molecule has 0 bridgehead atoms. The lowest BCUT2D eigenvalue weighted by molar-refractivity contribution is -0.570. The Labute approximate surface area is 153 Å². The van der Waals surface area contributed by atoms with E-state index in [-0.39, 0.29) is 23.8 Å². The molecule has 0 fully saturated rings. The summed E-state index contributed by atoms with van der Waals surface area (Å²) in [4.78, 5) is 11.8. The van der Waals surface area contributed by atoms with E-state index in [1.165, 1.54) is 24.4 Å². The molecule has 10 heteroatoms. The number of nitrogens with one attached hydrogen (secondary N) is 1. The maximum absolute atomic E-state index is 11.7. The monoisotopic (exact) mass is 378 g/mol. The van der Waals surface area contributed by atoms with E-state index >= 15 is 0 Å².